The van der Waals surface area contributed by atoms with Gasteiger partial charge in [0, 0.05) is 20.1 Å². The van der Waals surface area contributed by atoms with Gasteiger partial charge < -0.3 is 15.0 Å². The van der Waals surface area contributed by atoms with Crippen LogP contribution in [0.5, 0.6) is 0 Å². The van der Waals surface area contributed by atoms with E-state index in [0.717, 1.165) is 31.9 Å². The van der Waals surface area contributed by atoms with Crippen molar-refractivity contribution in [2.24, 2.45) is 4.99 Å². The number of carbonyl (C=O) groups is 1. The van der Waals surface area contributed by atoms with Gasteiger partial charge in [-0.25, -0.2) is 0 Å². The quantitative estimate of drug-likeness (QED) is 0.232. The highest BCUT2D eigenvalue weighted by Gasteiger charge is 2.07. The molecule has 0 unspecified atom stereocenters. The molecule has 0 fully saturated rings. The van der Waals surface area contributed by atoms with Gasteiger partial charge in [-0.05, 0) is 33.6 Å². The number of hydrogen-bond acceptors (Lipinski definition) is 3. The molecule has 0 aliphatic rings. The first-order valence-corrected chi connectivity index (χ1v) is 7.31. The van der Waals surface area contributed by atoms with E-state index in [1.54, 1.807) is 0 Å². The van der Waals surface area contributed by atoms with Gasteiger partial charge in [-0.2, -0.15) is 0 Å². The highest BCUT2D eigenvalue weighted by atomic mass is 16.5. The lowest BCUT2D eigenvalue weighted by atomic mass is 10.3. The molecule has 5 nitrogen and oxygen atoms in total. The number of guanidine groups is 1. The Kier molecular flexibility index (Phi) is 10.5. The second-order valence-electron chi connectivity index (χ2n) is 4.88. The Morgan fingerprint density at radius 2 is 2.20 bits per heavy atom. The summed E-state index contributed by atoms with van der Waals surface area (Å²) in [4.78, 5) is 18.0. The molecule has 0 aliphatic carbocycles. The number of aliphatic imine (C=N–C) groups is 1. The van der Waals surface area contributed by atoms with E-state index < -0.39 is 0 Å². The van der Waals surface area contributed by atoms with Crippen LogP contribution in [0.15, 0.2) is 17.6 Å². The van der Waals surface area contributed by atoms with Gasteiger partial charge in [0.2, 0.25) is 0 Å². The Morgan fingerprint density at radius 3 is 2.75 bits per heavy atom. The first-order chi connectivity index (χ1) is 9.51. The highest BCUT2D eigenvalue weighted by molar-refractivity contribution is 5.80. The average molecular weight is 283 g/mol. The molecule has 5 heteroatoms. The predicted octanol–water partition coefficient (Wildman–Crippen LogP) is 2.19. The van der Waals surface area contributed by atoms with E-state index in [9.17, 15) is 4.79 Å². The number of nitrogens with one attached hydrogen (secondary N) is 1. The Balaban J connectivity index is 4.24. The molecule has 0 saturated carbocycles. The number of esters is 1. The zero-order valence-corrected chi connectivity index (χ0v) is 13.3. The van der Waals surface area contributed by atoms with Crippen LogP contribution in [-0.4, -0.2) is 49.6 Å². The van der Waals surface area contributed by atoms with E-state index in [0.29, 0.717) is 13.0 Å². The minimum Gasteiger partial charge on any atom is -0.463 e. The smallest absolute Gasteiger partial charge is 0.307 e. The Bertz CT molecular complexity index is 314. The predicted molar refractivity (Wildman–Crippen MR) is 83.9 cm³/mol. The normalized spacial score (nSPS) is 11.3. The Hall–Kier alpha value is -1.52. The first-order valence-electron chi connectivity index (χ1n) is 7.31. The zero-order valence-electron chi connectivity index (χ0n) is 13.3. The number of carbonyl (C=O) groups excluding carboxylic acids is 1. The molecule has 0 aromatic carbocycles. The maximum Gasteiger partial charge on any atom is 0.307 e. The molecule has 0 amide bonds. The molecule has 0 heterocycles. The van der Waals surface area contributed by atoms with Crippen LogP contribution in [0.2, 0.25) is 0 Å². The maximum atomic E-state index is 11.4. The van der Waals surface area contributed by atoms with E-state index in [1.807, 2.05) is 33.9 Å². The van der Waals surface area contributed by atoms with Crippen molar-refractivity contribution < 1.29 is 9.53 Å². The molecule has 0 rings (SSSR count). The highest BCUT2D eigenvalue weighted by Crippen LogP contribution is 1.97. The van der Waals surface area contributed by atoms with E-state index in [-0.39, 0.29) is 12.1 Å². The summed E-state index contributed by atoms with van der Waals surface area (Å²) < 4.78 is 5.08. The van der Waals surface area contributed by atoms with Crippen LogP contribution < -0.4 is 5.32 Å². The van der Waals surface area contributed by atoms with Crippen LogP contribution in [-0.2, 0) is 9.53 Å². The van der Waals surface area contributed by atoms with Crippen molar-refractivity contribution >= 4 is 11.9 Å². The van der Waals surface area contributed by atoms with Gasteiger partial charge in [0.1, 0.15) is 0 Å². The number of nitrogens with zero attached hydrogens (tertiary/aromatic N) is 2. The zero-order chi connectivity index (χ0) is 15.4. The summed E-state index contributed by atoms with van der Waals surface area (Å²) in [6.07, 6.45) is 4.19. The van der Waals surface area contributed by atoms with Crippen molar-refractivity contribution in [1.82, 2.24) is 10.2 Å². The molecule has 0 radical (unpaired) electrons. The molecule has 1 N–H and O–H groups in total. The topological polar surface area (TPSA) is 53.9 Å². The fourth-order valence-corrected chi connectivity index (χ4v) is 1.62. The Labute approximate surface area is 123 Å². The minimum atomic E-state index is -0.200. The Morgan fingerprint density at radius 1 is 1.50 bits per heavy atom. The molecule has 20 heavy (non-hydrogen) atoms. The lowest BCUT2D eigenvalue weighted by molar-refractivity contribution is -0.147. The van der Waals surface area contributed by atoms with Crippen LogP contribution in [0.1, 0.15) is 40.0 Å². The van der Waals surface area contributed by atoms with Crippen LogP contribution >= 0.6 is 0 Å². The maximum absolute atomic E-state index is 11.4. The molecule has 0 aromatic rings. The van der Waals surface area contributed by atoms with Crippen LogP contribution in [0, 0.1) is 0 Å². The fraction of sp³-hybridized carbons (Fsp3) is 0.733. The van der Waals surface area contributed by atoms with Crippen molar-refractivity contribution in [3.63, 3.8) is 0 Å². The molecule has 0 saturated heterocycles. The standard InChI is InChI=1S/C15H29N3O2/c1-6-8-9-12-18(5)15(16-7-2)17-11-10-14(19)20-13(3)4/h6,13H,1,7-12H2,2-5H3,(H,16,17). The van der Waals surface area contributed by atoms with E-state index in [1.165, 1.54) is 0 Å². The number of rotatable bonds is 9. The van der Waals surface area contributed by atoms with E-state index in [2.05, 4.69) is 21.8 Å². The lowest BCUT2D eigenvalue weighted by Crippen LogP contribution is -2.39. The summed E-state index contributed by atoms with van der Waals surface area (Å²) >= 11 is 0. The van der Waals surface area contributed by atoms with Crippen molar-refractivity contribution in [3.8, 4) is 0 Å². The third-order valence-corrected chi connectivity index (χ3v) is 2.54. The summed E-state index contributed by atoms with van der Waals surface area (Å²) in [5.74, 6) is 0.628. The van der Waals surface area contributed by atoms with Gasteiger partial charge in [0.15, 0.2) is 5.96 Å². The van der Waals surface area contributed by atoms with Crippen LogP contribution in [0.3, 0.4) is 0 Å². The van der Waals surface area contributed by atoms with Crippen molar-refractivity contribution in [2.75, 3.05) is 26.7 Å². The van der Waals surface area contributed by atoms with Gasteiger partial charge in [-0.15, -0.1) is 6.58 Å². The van der Waals surface area contributed by atoms with Crippen molar-refractivity contribution in [2.45, 2.75) is 46.1 Å². The van der Waals surface area contributed by atoms with Crippen LogP contribution in [0.4, 0.5) is 0 Å². The van der Waals surface area contributed by atoms with Gasteiger partial charge in [0.25, 0.3) is 0 Å². The van der Waals surface area contributed by atoms with Crippen molar-refractivity contribution in [1.29, 1.82) is 0 Å². The summed E-state index contributed by atoms with van der Waals surface area (Å²) in [5, 5.41) is 3.22. The number of hydrogen-bond donors (Lipinski definition) is 1. The number of unbranched alkanes of at least 4 members (excludes halogenated alkanes) is 1. The summed E-state index contributed by atoms with van der Waals surface area (Å²) in [6.45, 7) is 11.6. The first kappa shape index (κ1) is 18.5. The third kappa shape index (κ3) is 9.42. The molecule has 0 aliphatic heterocycles. The minimum absolute atomic E-state index is 0.0682. The molecular formula is C15H29N3O2. The van der Waals surface area contributed by atoms with Gasteiger partial charge in [-0.3, -0.25) is 9.79 Å². The van der Waals surface area contributed by atoms with E-state index >= 15 is 0 Å². The second kappa shape index (κ2) is 11.3. The molecule has 0 aromatic heterocycles. The summed E-state index contributed by atoms with van der Waals surface area (Å²) in [5.41, 5.74) is 0. The lowest BCUT2D eigenvalue weighted by Gasteiger charge is -2.21. The fourth-order valence-electron chi connectivity index (χ4n) is 1.62. The molecule has 0 spiro atoms. The summed E-state index contributed by atoms with van der Waals surface area (Å²) in [7, 11) is 2.00. The molecule has 0 bridgehead atoms. The second-order valence-corrected chi connectivity index (χ2v) is 4.88. The largest absolute Gasteiger partial charge is 0.463 e. The number of allylic oxidation sites excluding steroid dienone is 1. The average Bonchev–Trinajstić information content (AvgIpc) is 2.37. The summed E-state index contributed by atoms with van der Waals surface area (Å²) in [6, 6.07) is 0. The molecular weight excluding hydrogens is 254 g/mol. The van der Waals surface area contributed by atoms with Gasteiger partial charge >= 0.3 is 5.97 Å². The van der Waals surface area contributed by atoms with Crippen molar-refractivity contribution in [3.05, 3.63) is 12.7 Å². The van der Waals surface area contributed by atoms with E-state index in [4.69, 9.17) is 4.74 Å². The van der Waals surface area contributed by atoms with Gasteiger partial charge in [0.05, 0.1) is 19.1 Å². The van der Waals surface area contributed by atoms with Gasteiger partial charge in [-0.1, -0.05) is 6.08 Å². The number of ether oxygens (including phenoxy) is 1. The monoisotopic (exact) mass is 283 g/mol. The SMILES string of the molecule is C=CCCCN(C)C(=NCCC(=O)OC(C)C)NCC. The third-order valence-electron chi connectivity index (χ3n) is 2.54. The molecule has 0 atom stereocenters. The molecule has 116 valence electrons. The van der Waals surface area contributed by atoms with Crippen LogP contribution in [0.25, 0.3) is 0 Å².